The monoisotopic (exact) mass is 453 g/mol. The molecule has 1 N–H and O–H groups in total. The van der Waals surface area contributed by atoms with Crippen LogP contribution in [0.4, 0.5) is 5.69 Å². The van der Waals surface area contributed by atoms with Crippen LogP contribution in [0.5, 0.6) is 0 Å². The summed E-state index contributed by atoms with van der Waals surface area (Å²) in [5, 5.41) is 6.71. The topological polar surface area (TPSA) is 69.7 Å². The Balaban J connectivity index is 1.36. The van der Waals surface area contributed by atoms with Crippen LogP contribution in [0.1, 0.15) is 33.0 Å². The maximum atomic E-state index is 12.9. The van der Waals surface area contributed by atoms with Crippen molar-refractivity contribution in [1.82, 2.24) is 10.2 Å². The standard InChI is InChI=1S/C23H23N3O3S2/c27-21-6-1-11-26(21)18-9-7-17(8-10-18)23(29)24-14-22(28)25(15-19-4-2-12-30-19)16-20-5-3-13-31-20/h2-5,7-10,12-13H,1,6,11,14-16H2,(H,24,29). The van der Waals surface area contributed by atoms with Gasteiger partial charge < -0.3 is 15.1 Å². The van der Waals surface area contributed by atoms with E-state index in [9.17, 15) is 14.4 Å². The zero-order valence-corrected chi connectivity index (χ0v) is 18.6. The van der Waals surface area contributed by atoms with E-state index < -0.39 is 0 Å². The molecule has 0 spiro atoms. The lowest BCUT2D eigenvalue weighted by Crippen LogP contribution is -2.39. The summed E-state index contributed by atoms with van der Waals surface area (Å²) >= 11 is 3.22. The first-order valence-electron chi connectivity index (χ1n) is 10.1. The van der Waals surface area contributed by atoms with Crippen LogP contribution in [0, 0.1) is 0 Å². The lowest BCUT2D eigenvalue weighted by molar-refractivity contribution is -0.131. The molecule has 0 bridgehead atoms. The SMILES string of the molecule is O=C(NCC(=O)N(Cc1cccs1)Cc1cccs1)c1ccc(N2CCCC2=O)cc1. The molecule has 3 aromatic rings. The number of carbonyl (C=O) groups excluding carboxylic acids is 3. The first kappa shape index (κ1) is 21.3. The van der Waals surface area contributed by atoms with E-state index in [4.69, 9.17) is 0 Å². The molecule has 6 nitrogen and oxygen atoms in total. The fraction of sp³-hybridized carbons (Fsp3) is 0.261. The minimum atomic E-state index is -0.306. The van der Waals surface area contributed by atoms with Crippen LogP contribution >= 0.6 is 22.7 Å². The fourth-order valence-corrected chi connectivity index (χ4v) is 4.94. The number of benzene rings is 1. The third-order valence-corrected chi connectivity index (χ3v) is 6.84. The average molecular weight is 454 g/mol. The molecule has 3 heterocycles. The van der Waals surface area contributed by atoms with Gasteiger partial charge in [-0.1, -0.05) is 12.1 Å². The normalized spacial score (nSPS) is 13.4. The lowest BCUT2D eigenvalue weighted by Gasteiger charge is -2.22. The summed E-state index contributed by atoms with van der Waals surface area (Å²) in [5.41, 5.74) is 1.26. The van der Waals surface area contributed by atoms with Crippen LogP contribution in [-0.2, 0) is 22.7 Å². The molecule has 160 valence electrons. The van der Waals surface area contributed by atoms with Gasteiger partial charge in [-0.3, -0.25) is 14.4 Å². The van der Waals surface area contributed by atoms with Gasteiger partial charge >= 0.3 is 0 Å². The lowest BCUT2D eigenvalue weighted by atomic mass is 10.2. The number of nitrogens with one attached hydrogen (secondary N) is 1. The maximum Gasteiger partial charge on any atom is 0.251 e. The van der Waals surface area contributed by atoms with Gasteiger partial charge in [0.25, 0.3) is 5.91 Å². The Bertz CT molecular complexity index is 994. The van der Waals surface area contributed by atoms with Crippen LogP contribution in [0.15, 0.2) is 59.3 Å². The molecule has 1 saturated heterocycles. The van der Waals surface area contributed by atoms with E-state index in [1.165, 1.54) is 0 Å². The Morgan fingerprint density at radius 3 is 2.13 bits per heavy atom. The summed E-state index contributed by atoms with van der Waals surface area (Å²) in [7, 11) is 0. The van der Waals surface area contributed by atoms with Crippen molar-refractivity contribution in [3.8, 4) is 0 Å². The molecule has 1 aliphatic rings. The van der Waals surface area contributed by atoms with Gasteiger partial charge in [0.2, 0.25) is 11.8 Å². The van der Waals surface area contributed by atoms with Crippen molar-refractivity contribution in [2.24, 2.45) is 0 Å². The van der Waals surface area contributed by atoms with E-state index >= 15 is 0 Å². The number of anilines is 1. The summed E-state index contributed by atoms with van der Waals surface area (Å²) < 4.78 is 0. The molecule has 4 rings (SSSR count). The van der Waals surface area contributed by atoms with Crippen molar-refractivity contribution < 1.29 is 14.4 Å². The molecule has 0 radical (unpaired) electrons. The van der Waals surface area contributed by atoms with Gasteiger partial charge in [0.05, 0.1) is 19.6 Å². The van der Waals surface area contributed by atoms with Gasteiger partial charge in [-0.2, -0.15) is 0 Å². The Morgan fingerprint density at radius 2 is 1.61 bits per heavy atom. The Hall–Kier alpha value is -2.97. The highest BCUT2D eigenvalue weighted by Crippen LogP contribution is 2.21. The third-order valence-electron chi connectivity index (χ3n) is 5.12. The minimum Gasteiger partial charge on any atom is -0.343 e. The zero-order valence-electron chi connectivity index (χ0n) is 17.0. The highest BCUT2D eigenvalue weighted by Gasteiger charge is 2.22. The van der Waals surface area contributed by atoms with Crippen LogP contribution in [0.25, 0.3) is 0 Å². The van der Waals surface area contributed by atoms with Gasteiger partial charge in [0, 0.05) is 34.0 Å². The molecule has 0 saturated carbocycles. The van der Waals surface area contributed by atoms with E-state index in [-0.39, 0.29) is 24.3 Å². The number of nitrogens with zero attached hydrogens (tertiary/aromatic N) is 2. The molecule has 8 heteroatoms. The second kappa shape index (κ2) is 9.89. The van der Waals surface area contributed by atoms with Gasteiger partial charge in [0.1, 0.15) is 0 Å². The molecule has 31 heavy (non-hydrogen) atoms. The second-order valence-corrected chi connectivity index (χ2v) is 9.35. The van der Waals surface area contributed by atoms with E-state index in [0.717, 1.165) is 21.9 Å². The summed E-state index contributed by atoms with van der Waals surface area (Å²) in [5.74, 6) is -0.325. The average Bonchev–Trinajstić information content (AvgIpc) is 3.55. The van der Waals surface area contributed by atoms with Crippen LogP contribution < -0.4 is 10.2 Å². The maximum absolute atomic E-state index is 12.9. The summed E-state index contributed by atoms with van der Waals surface area (Å²) in [4.78, 5) is 43.0. The summed E-state index contributed by atoms with van der Waals surface area (Å²) in [6, 6.07) is 14.9. The molecule has 3 amide bonds. The van der Waals surface area contributed by atoms with E-state index in [0.29, 0.717) is 31.6 Å². The zero-order chi connectivity index (χ0) is 21.6. The smallest absolute Gasteiger partial charge is 0.251 e. The number of hydrogen-bond donors (Lipinski definition) is 1. The highest BCUT2D eigenvalue weighted by atomic mass is 32.1. The van der Waals surface area contributed by atoms with Gasteiger partial charge in [-0.25, -0.2) is 0 Å². The van der Waals surface area contributed by atoms with Crippen LogP contribution in [-0.4, -0.2) is 35.7 Å². The van der Waals surface area contributed by atoms with Crippen molar-refractivity contribution in [3.63, 3.8) is 0 Å². The minimum absolute atomic E-state index is 0.0675. The Kier molecular flexibility index (Phi) is 6.79. The Morgan fingerprint density at radius 1 is 0.968 bits per heavy atom. The third kappa shape index (κ3) is 5.39. The Labute approximate surface area is 189 Å². The number of carbonyl (C=O) groups is 3. The van der Waals surface area contributed by atoms with Crippen molar-refractivity contribution in [1.29, 1.82) is 0 Å². The molecular formula is C23H23N3O3S2. The molecule has 0 unspecified atom stereocenters. The van der Waals surface area contributed by atoms with E-state index in [1.807, 2.05) is 35.0 Å². The van der Waals surface area contributed by atoms with E-state index in [2.05, 4.69) is 5.32 Å². The van der Waals surface area contributed by atoms with Crippen molar-refractivity contribution in [2.45, 2.75) is 25.9 Å². The van der Waals surface area contributed by atoms with Gasteiger partial charge in [-0.05, 0) is 53.6 Å². The summed E-state index contributed by atoms with van der Waals surface area (Å²) in [6.07, 6.45) is 1.43. The van der Waals surface area contributed by atoms with Crippen molar-refractivity contribution in [3.05, 3.63) is 74.6 Å². The van der Waals surface area contributed by atoms with Crippen LogP contribution in [0.2, 0.25) is 0 Å². The first-order valence-corrected chi connectivity index (χ1v) is 11.9. The number of rotatable bonds is 8. The summed E-state index contributed by atoms with van der Waals surface area (Å²) in [6.45, 7) is 1.68. The van der Waals surface area contributed by atoms with Gasteiger partial charge in [-0.15, -0.1) is 22.7 Å². The molecule has 1 aliphatic heterocycles. The largest absolute Gasteiger partial charge is 0.343 e. The molecule has 0 atom stereocenters. The predicted molar refractivity (Wildman–Crippen MR) is 123 cm³/mol. The number of amides is 3. The van der Waals surface area contributed by atoms with Crippen LogP contribution in [0.3, 0.4) is 0 Å². The molecular weight excluding hydrogens is 430 g/mol. The quantitative estimate of drug-likeness (QED) is 0.563. The predicted octanol–water partition coefficient (Wildman–Crippen LogP) is 3.90. The van der Waals surface area contributed by atoms with Crippen molar-refractivity contribution in [2.75, 3.05) is 18.0 Å². The molecule has 1 fully saturated rings. The molecule has 2 aromatic heterocycles. The first-order chi connectivity index (χ1) is 15.1. The number of thiophene rings is 2. The van der Waals surface area contributed by atoms with Crippen molar-refractivity contribution >= 4 is 46.1 Å². The molecule has 1 aromatic carbocycles. The van der Waals surface area contributed by atoms with Gasteiger partial charge in [0.15, 0.2) is 0 Å². The molecule has 0 aliphatic carbocycles. The fourth-order valence-electron chi connectivity index (χ4n) is 3.50. The van der Waals surface area contributed by atoms with E-state index in [1.54, 1.807) is 56.7 Å². The second-order valence-electron chi connectivity index (χ2n) is 7.29. The number of hydrogen-bond acceptors (Lipinski definition) is 5. The highest BCUT2D eigenvalue weighted by molar-refractivity contribution is 7.10.